The van der Waals surface area contributed by atoms with Gasteiger partial charge in [-0.05, 0) is 36.6 Å². The molecule has 0 spiro atoms. The zero-order valence-corrected chi connectivity index (χ0v) is 13.7. The van der Waals surface area contributed by atoms with E-state index in [-0.39, 0.29) is 5.91 Å². The lowest BCUT2D eigenvalue weighted by molar-refractivity contribution is 0.00526. The Balaban J connectivity index is 1.72. The first-order chi connectivity index (χ1) is 11.6. The summed E-state index contributed by atoms with van der Waals surface area (Å²) in [4.78, 5) is 16.5. The third kappa shape index (κ3) is 3.74. The van der Waals surface area contributed by atoms with E-state index in [2.05, 4.69) is 10.3 Å². The second kappa shape index (κ2) is 7.01. The zero-order chi connectivity index (χ0) is 17.0. The molecular weight excluding hydrogens is 302 g/mol. The van der Waals surface area contributed by atoms with Gasteiger partial charge in [0.1, 0.15) is 0 Å². The van der Waals surface area contributed by atoms with E-state index in [0.29, 0.717) is 17.8 Å². The molecule has 1 aromatic heterocycles. The Bertz CT molecular complexity index is 724. The monoisotopic (exact) mass is 325 g/mol. The molecule has 1 aromatic carbocycles. The number of hydrogen-bond donors (Lipinski definition) is 3. The van der Waals surface area contributed by atoms with E-state index >= 15 is 0 Å². The van der Waals surface area contributed by atoms with Gasteiger partial charge in [0.15, 0.2) is 0 Å². The summed E-state index contributed by atoms with van der Waals surface area (Å²) in [6, 6.07) is 9.02. The summed E-state index contributed by atoms with van der Waals surface area (Å²) in [6.07, 6.45) is 8.02. The first-order valence-electron chi connectivity index (χ1n) is 8.38. The molecule has 0 radical (unpaired) electrons. The average Bonchev–Trinajstić information content (AvgIpc) is 2.61. The molecule has 1 heterocycles. The zero-order valence-electron chi connectivity index (χ0n) is 13.7. The molecule has 24 heavy (non-hydrogen) atoms. The molecule has 1 amide bonds. The molecule has 5 nitrogen and oxygen atoms in total. The molecule has 5 heteroatoms. The summed E-state index contributed by atoms with van der Waals surface area (Å²) in [5, 5.41) is 13.4. The van der Waals surface area contributed by atoms with Crippen LogP contribution in [0.1, 0.15) is 42.5 Å². The minimum atomic E-state index is -0.765. The Labute approximate surface area is 141 Å². The van der Waals surface area contributed by atoms with Crippen LogP contribution in [0.3, 0.4) is 0 Å². The molecule has 0 aliphatic heterocycles. The number of nitrogen functional groups attached to an aromatic ring is 1. The Kier molecular flexibility index (Phi) is 4.81. The third-order valence-corrected chi connectivity index (χ3v) is 4.65. The van der Waals surface area contributed by atoms with Crippen molar-refractivity contribution in [1.82, 2.24) is 10.3 Å². The van der Waals surface area contributed by atoms with Crippen molar-refractivity contribution in [2.24, 2.45) is 0 Å². The lowest BCUT2D eigenvalue weighted by Crippen LogP contribution is -2.44. The van der Waals surface area contributed by atoms with E-state index in [4.69, 9.17) is 5.73 Å². The van der Waals surface area contributed by atoms with Crippen LogP contribution in [0.15, 0.2) is 42.7 Å². The SMILES string of the molecule is Nc1ccncc1-c1cccc(C(=O)NCC2(O)CCCCC2)c1. The van der Waals surface area contributed by atoms with Gasteiger partial charge in [-0.2, -0.15) is 0 Å². The van der Waals surface area contributed by atoms with Gasteiger partial charge >= 0.3 is 0 Å². The largest absolute Gasteiger partial charge is 0.398 e. The van der Waals surface area contributed by atoms with Crippen LogP contribution in [-0.2, 0) is 0 Å². The first-order valence-corrected chi connectivity index (χ1v) is 8.38. The lowest BCUT2D eigenvalue weighted by atomic mass is 9.85. The molecule has 0 atom stereocenters. The van der Waals surface area contributed by atoms with Crippen LogP contribution in [0.25, 0.3) is 11.1 Å². The normalized spacial score (nSPS) is 16.5. The summed E-state index contributed by atoms with van der Waals surface area (Å²) in [6.45, 7) is 0.297. The van der Waals surface area contributed by atoms with Gasteiger partial charge in [0.05, 0.1) is 5.60 Å². The topological polar surface area (TPSA) is 88.2 Å². The summed E-state index contributed by atoms with van der Waals surface area (Å²) in [7, 11) is 0. The number of nitrogens with zero attached hydrogens (tertiary/aromatic N) is 1. The number of hydrogen-bond acceptors (Lipinski definition) is 4. The van der Waals surface area contributed by atoms with Crippen LogP contribution < -0.4 is 11.1 Å². The molecule has 2 aromatic rings. The van der Waals surface area contributed by atoms with Crippen molar-refractivity contribution >= 4 is 11.6 Å². The van der Waals surface area contributed by atoms with Gasteiger partial charge in [0, 0.05) is 35.8 Å². The van der Waals surface area contributed by atoms with Gasteiger partial charge in [-0.3, -0.25) is 9.78 Å². The van der Waals surface area contributed by atoms with Crippen molar-refractivity contribution < 1.29 is 9.90 Å². The Morgan fingerprint density at radius 1 is 1.25 bits per heavy atom. The van der Waals surface area contributed by atoms with Gasteiger partial charge < -0.3 is 16.2 Å². The number of carbonyl (C=O) groups excluding carboxylic acids is 1. The maximum Gasteiger partial charge on any atom is 0.251 e. The number of carbonyl (C=O) groups is 1. The molecular formula is C19H23N3O2. The highest BCUT2D eigenvalue weighted by Crippen LogP contribution is 2.28. The molecule has 1 saturated carbocycles. The second-order valence-corrected chi connectivity index (χ2v) is 6.51. The smallest absolute Gasteiger partial charge is 0.251 e. The molecule has 1 aliphatic rings. The number of anilines is 1. The molecule has 0 saturated heterocycles. The Hall–Kier alpha value is -2.40. The molecule has 0 bridgehead atoms. The fraction of sp³-hybridized carbons (Fsp3) is 0.368. The number of rotatable bonds is 4. The summed E-state index contributed by atoms with van der Waals surface area (Å²) >= 11 is 0. The van der Waals surface area contributed by atoms with Gasteiger partial charge in [0.2, 0.25) is 0 Å². The van der Waals surface area contributed by atoms with E-state index in [1.54, 1.807) is 30.6 Å². The van der Waals surface area contributed by atoms with Crippen molar-refractivity contribution in [3.63, 3.8) is 0 Å². The molecule has 126 valence electrons. The average molecular weight is 325 g/mol. The molecule has 1 aliphatic carbocycles. The number of pyridine rings is 1. The van der Waals surface area contributed by atoms with Crippen molar-refractivity contribution in [3.05, 3.63) is 48.3 Å². The van der Waals surface area contributed by atoms with Gasteiger partial charge in [0.25, 0.3) is 5.91 Å². The number of amides is 1. The van der Waals surface area contributed by atoms with E-state index in [9.17, 15) is 9.90 Å². The number of nitrogens with two attached hydrogens (primary N) is 1. The van der Waals surface area contributed by atoms with Crippen LogP contribution >= 0.6 is 0 Å². The van der Waals surface area contributed by atoms with Crippen LogP contribution in [0, 0.1) is 0 Å². The van der Waals surface area contributed by atoms with Crippen LogP contribution in [0.2, 0.25) is 0 Å². The van der Waals surface area contributed by atoms with Crippen molar-refractivity contribution in [2.45, 2.75) is 37.7 Å². The minimum Gasteiger partial charge on any atom is -0.398 e. The highest BCUT2D eigenvalue weighted by molar-refractivity contribution is 5.95. The van der Waals surface area contributed by atoms with Crippen molar-refractivity contribution in [2.75, 3.05) is 12.3 Å². The van der Waals surface area contributed by atoms with Gasteiger partial charge in [-0.15, -0.1) is 0 Å². The Morgan fingerprint density at radius 3 is 2.79 bits per heavy atom. The third-order valence-electron chi connectivity index (χ3n) is 4.65. The van der Waals surface area contributed by atoms with Crippen molar-refractivity contribution in [1.29, 1.82) is 0 Å². The summed E-state index contributed by atoms with van der Waals surface area (Å²) < 4.78 is 0. The predicted molar refractivity (Wildman–Crippen MR) is 94.5 cm³/mol. The van der Waals surface area contributed by atoms with Gasteiger partial charge in [-0.1, -0.05) is 31.4 Å². The Morgan fingerprint density at radius 2 is 2.04 bits per heavy atom. The predicted octanol–water partition coefficient (Wildman–Crippen LogP) is 2.76. The molecule has 4 N–H and O–H groups in total. The van der Waals surface area contributed by atoms with Crippen LogP contribution in [-0.4, -0.2) is 28.1 Å². The van der Waals surface area contributed by atoms with Crippen LogP contribution in [0.4, 0.5) is 5.69 Å². The minimum absolute atomic E-state index is 0.182. The quantitative estimate of drug-likeness (QED) is 0.806. The van der Waals surface area contributed by atoms with E-state index in [1.165, 1.54) is 0 Å². The number of benzene rings is 1. The van der Waals surface area contributed by atoms with E-state index < -0.39 is 5.60 Å². The lowest BCUT2D eigenvalue weighted by Gasteiger charge is -2.32. The van der Waals surface area contributed by atoms with E-state index in [0.717, 1.165) is 43.2 Å². The standard InChI is InChI=1S/C19H23N3O2/c20-17-7-10-21-12-16(17)14-5-4-6-15(11-14)18(23)22-13-19(24)8-2-1-3-9-19/h4-7,10-12,24H,1-3,8-9,13H2,(H2,20,21)(H,22,23). The molecule has 3 rings (SSSR count). The van der Waals surface area contributed by atoms with Crippen LogP contribution in [0.5, 0.6) is 0 Å². The fourth-order valence-electron chi connectivity index (χ4n) is 3.21. The molecule has 0 unspecified atom stereocenters. The maximum absolute atomic E-state index is 12.4. The second-order valence-electron chi connectivity index (χ2n) is 6.51. The van der Waals surface area contributed by atoms with Crippen molar-refractivity contribution in [3.8, 4) is 11.1 Å². The summed E-state index contributed by atoms with van der Waals surface area (Å²) in [5.74, 6) is -0.182. The number of aromatic nitrogens is 1. The maximum atomic E-state index is 12.4. The fourth-order valence-corrected chi connectivity index (χ4v) is 3.21. The highest BCUT2D eigenvalue weighted by Gasteiger charge is 2.29. The summed E-state index contributed by atoms with van der Waals surface area (Å²) in [5.41, 5.74) is 8.04. The molecule has 1 fully saturated rings. The van der Waals surface area contributed by atoms with E-state index in [1.807, 2.05) is 12.1 Å². The van der Waals surface area contributed by atoms with Gasteiger partial charge in [-0.25, -0.2) is 0 Å². The first kappa shape index (κ1) is 16.5. The highest BCUT2D eigenvalue weighted by atomic mass is 16.3. The number of aliphatic hydroxyl groups is 1. The number of nitrogens with one attached hydrogen (secondary N) is 1.